The predicted octanol–water partition coefficient (Wildman–Crippen LogP) is -2.74. The minimum Gasteiger partial charge on any atom is -0.790 e. The third kappa shape index (κ3) is 7.62. The van der Waals surface area contributed by atoms with Crippen LogP contribution >= 0.6 is 7.82 Å². The molecule has 0 bridgehead atoms. The molecule has 1 unspecified atom stereocenters. The largest absolute Gasteiger partial charge is 1.00 e. The van der Waals surface area contributed by atoms with Crippen LogP contribution in [0, 0.1) is 0 Å². The van der Waals surface area contributed by atoms with E-state index in [4.69, 9.17) is 4.74 Å². The second-order valence-corrected chi connectivity index (χ2v) is 3.66. The van der Waals surface area contributed by atoms with Gasteiger partial charge in [-0.05, 0) is 19.1 Å². The smallest absolute Gasteiger partial charge is 0.790 e. The van der Waals surface area contributed by atoms with Crippen molar-refractivity contribution in [1.82, 2.24) is 0 Å². The quantitative estimate of drug-likeness (QED) is 0.331. The maximum atomic E-state index is 10.2. The van der Waals surface area contributed by atoms with Crippen LogP contribution in [0.2, 0.25) is 0 Å². The molecule has 1 aromatic carbocycles. The molecule has 0 aliphatic carbocycles. The molecule has 5 nitrogen and oxygen atoms in total. The summed E-state index contributed by atoms with van der Waals surface area (Å²) in [5.41, 5.74) is 0. The minimum absolute atomic E-state index is 0. The standard InChI is InChI=1S/C8H11O5P.K/c1-7(13-14(9,10)11)12-8-5-3-2-4-6-8;/h2-7H,1H3,(H2,9,10,11);/q;+1/p-2. The predicted molar refractivity (Wildman–Crippen MR) is 45.2 cm³/mol. The Morgan fingerprint density at radius 3 is 2.27 bits per heavy atom. The van der Waals surface area contributed by atoms with Gasteiger partial charge in [-0.3, -0.25) is 0 Å². The van der Waals surface area contributed by atoms with Gasteiger partial charge in [-0.15, -0.1) is 0 Å². The van der Waals surface area contributed by atoms with Gasteiger partial charge in [0.15, 0.2) is 0 Å². The Balaban J connectivity index is 0.00000196. The first-order chi connectivity index (χ1) is 6.47. The second kappa shape index (κ2) is 7.16. The van der Waals surface area contributed by atoms with Crippen molar-refractivity contribution >= 4 is 7.82 Å². The van der Waals surface area contributed by atoms with E-state index in [2.05, 4.69) is 4.52 Å². The van der Waals surface area contributed by atoms with E-state index in [1.165, 1.54) is 6.92 Å². The summed E-state index contributed by atoms with van der Waals surface area (Å²) >= 11 is 0. The van der Waals surface area contributed by atoms with Crippen molar-refractivity contribution in [1.29, 1.82) is 0 Å². The van der Waals surface area contributed by atoms with E-state index in [0.29, 0.717) is 5.75 Å². The fraction of sp³-hybridized carbons (Fsp3) is 0.250. The number of phosphoric ester groups is 1. The van der Waals surface area contributed by atoms with Crippen molar-refractivity contribution in [2.24, 2.45) is 0 Å². The summed E-state index contributed by atoms with van der Waals surface area (Å²) in [6.45, 7) is 1.33. The van der Waals surface area contributed by atoms with E-state index in [0.717, 1.165) is 0 Å². The Morgan fingerprint density at radius 2 is 1.80 bits per heavy atom. The van der Waals surface area contributed by atoms with E-state index in [1.54, 1.807) is 30.3 Å². The zero-order valence-electron chi connectivity index (χ0n) is 8.45. The van der Waals surface area contributed by atoms with Gasteiger partial charge in [-0.2, -0.15) is 0 Å². The maximum absolute atomic E-state index is 10.2. The summed E-state index contributed by atoms with van der Waals surface area (Å²) in [5, 5.41) is 0. The SMILES string of the molecule is CC(Oc1ccccc1)OP(=O)([O-])[O-].[K+]. The van der Waals surface area contributed by atoms with Crippen molar-refractivity contribution in [3.8, 4) is 5.75 Å². The summed E-state index contributed by atoms with van der Waals surface area (Å²) in [6, 6.07) is 8.47. The van der Waals surface area contributed by atoms with Crippen LogP contribution < -0.4 is 65.9 Å². The molecule has 1 atom stereocenters. The molecule has 0 amide bonds. The Kier molecular flexibility index (Phi) is 7.53. The van der Waals surface area contributed by atoms with E-state index < -0.39 is 14.1 Å². The van der Waals surface area contributed by atoms with Crippen molar-refractivity contribution in [3.63, 3.8) is 0 Å². The molecule has 1 rings (SSSR count). The normalized spacial score (nSPS) is 12.7. The molecule has 0 aromatic heterocycles. The maximum Gasteiger partial charge on any atom is 1.00 e. The molecule has 0 heterocycles. The third-order valence-electron chi connectivity index (χ3n) is 1.32. The summed E-state index contributed by atoms with van der Waals surface area (Å²) in [4.78, 5) is 20.4. The number of ether oxygens (including phenoxy) is 1. The van der Waals surface area contributed by atoms with E-state index in [9.17, 15) is 14.4 Å². The molecule has 1 aromatic rings. The van der Waals surface area contributed by atoms with Gasteiger partial charge in [0.25, 0.3) is 0 Å². The molecule has 0 spiro atoms. The summed E-state index contributed by atoms with van der Waals surface area (Å²) in [6.07, 6.45) is -1.11. The number of phosphoric acid groups is 1. The molecule has 0 N–H and O–H groups in total. The number of para-hydroxylation sites is 1. The van der Waals surface area contributed by atoms with Crippen LogP contribution in [-0.2, 0) is 9.09 Å². The molecule has 0 aliphatic heterocycles. The topological polar surface area (TPSA) is 81.7 Å². The van der Waals surface area contributed by atoms with Gasteiger partial charge in [0.2, 0.25) is 6.29 Å². The van der Waals surface area contributed by atoms with Crippen LogP contribution in [0.15, 0.2) is 30.3 Å². The first-order valence-corrected chi connectivity index (χ1v) is 5.35. The first-order valence-electron chi connectivity index (χ1n) is 3.89. The molecule has 0 saturated heterocycles. The van der Waals surface area contributed by atoms with Crippen LogP contribution in [0.25, 0.3) is 0 Å². The molecule has 15 heavy (non-hydrogen) atoms. The van der Waals surface area contributed by atoms with Gasteiger partial charge in [0, 0.05) is 0 Å². The van der Waals surface area contributed by atoms with Gasteiger partial charge in [0.05, 0.1) is 7.82 Å². The number of benzene rings is 1. The number of hydrogen-bond acceptors (Lipinski definition) is 5. The van der Waals surface area contributed by atoms with Gasteiger partial charge in [-0.25, -0.2) is 0 Å². The second-order valence-electron chi connectivity index (χ2n) is 2.55. The average Bonchev–Trinajstić information content (AvgIpc) is 2.02. The Labute approximate surface area is 130 Å². The molecule has 0 radical (unpaired) electrons. The van der Waals surface area contributed by atoms with Gasteiger partial charge in [0.1, 0.15) is 5.75 Å². The molecule has 78 valence electrons. The van der Waals surface area contributed by atoms with E-state index in [1.807, 2.05) is 0 Å². The minimum atomic E-state index is -4.98. The number of hydrogen-bond donors (Lipinski definition) is 0. The molecule has 0 fully saturated rings. The van der Waals surface area contributed by atoms with Crippen molar-refractivity contribution < 1.29 is 75.0 Å². The van der Waals surface area contributed by atoms with Crippen LogP contribution in [0.5, 0.6) is 5.75 Å². The van der Waals surface area contributed by atoms with Gasteiger partial charge >= 0.3 is 51.4 Å². The van der Waals surface area contributed by atoms with Crippen molar-refractivity contribution in [2.75, 3.05) is 0 Å². The monoisotopic (exact) mass is 255 g/mol. The average molecular weight is 255 g/mol. The van der Waals surface area contributed by atoms with Crippen LogP contribution in [0.4, 0.5) is 0 Å². The molecular weight excluding hydrogens is 246 g/mol. The van der Waals surface area contributed by atoms with E-state index >= 15 is 0 Å². The molecule has 0 saturated carbocycles. The van der Waals surface area contributed by atoms with E-state index in [-0.39, 0.29) is 51.4 Å². The first kappa shape index (κ1) is 15.8. The van der Waals surface area contributed by atoms with Crippen LogP contribution in [0.1, 0.15) is 6.92 Å². The number of rotatable bonds is 4. The fourth-order valence-electron chi connectivity index (χ4n) is 0.894. The van der Waals surface area contributed by atoms with Crippen molar-refractivity contribution in [2.45, 2.75) is 13.2 Å². The van der Waals surface area contributed by atoms with Crippen molar-refractivity contribution in [3.05, 3.63) is 30.3 Å². The van der Waals surface area contributed by atoms with Gasteiger partial charge in [-0.1, -0.05) is 18.2 Å². The Morgan fingerprint density at radius 1 is 1.27 bits per heavy atom. The molecular formula is C8H9KO5P-. The molecule has 7 heteroatoms. The Hall–Kier alpha value is 0.766. The fourth-order valence-corrected chi connectivity index (χ4v) is 1.30. The summed E-state index contributed by atoms with van der Waals surface area (Å²) in [7, 11) is -4.98. The van der Waals surface area contributed by atoms with Crippen LogP contribution in [-0.4, -0.2) is 6.29 Å². The zero-order chi connectivity index (χ0) is 10.6. The summed E-state index contributed by atoms with van der Waals surface area (Å²) in [5.74, 6) is 0.438. The third-order valence-corrected chi connectivity index (χ3v) is 1.88. The summed E-state index contributed by atoms with van der Waals surface area (Å²) < 4.78 is 19.3. The Bertz CT molecular complexity index is 325. The molecule has 0 aliphatic rings. The van der Waals surface area contributed by atoms with Crippen LogP contribution in [0.3, 0.4) is 0 Å². The van der Waals surface area contributed by atoms with Gasteiger partial charge < -0.3 is 23.6 Å². The zero-order valence-corrected chi connectivity index (χ0v) is 12.5.